The first-order valence-electron chi connectivity index (χ1n) is 16.1. The number of hydrogen-bond acceptors (Lipinski definition) is 8. The van der Waals surface area contributed by atoms with Gasteiger partial charge in [-0.3, -0.25) is 9.98 Å². The van der Waals surface area contributed by atoms with Gasteiger partial charge in [0.15, 0.2) is 0 Å². The molecule has 0 amide bonds. The monoisotopic (exact) mass is 667 g/mol. The summed E-state index contributed by atoms with van der Waals surface area (Å²) >= 11 is 0. The molecule has 0 aliphatic heterocycles. The summed E-state index contributed by atoms with van der Waals surface area (Å²) in [4.78, 5) is 27.7. The van der Waals surface area contributed by atoms with Crippen molar-refractivity contribution in [1.82, 2.24) is 0 Å². The van der Waals surface area contributed by atoms with Gasteiger partial charge in [0, 0.05) is 35.5 Å². The number of hydrogen-bond donors (Lipinski definition) is 2. The molecule has 0 spiro atoms. The number of phenols is 2. The molecule has 8 nitrogen and oxygen atoms in total. The van der Waals surface area contributed by atoms with Gasteiger partial charge in [0.25, 0.3) is 0 Å². The van der Waals surface area contributed by atoms with E-state index in [1.165, 1.54) is 11.1 Å². The summed E-state index contributed by atoms with van der Waals surface area (Å²) in [7, 11) is 0. The second-order valence-corrected chi connectivity index (χ2v) is 11.3. The molecule has 1 fully saturated rings. The van der Waals surface area contributed by atoms with Gasteiger partial charge in [-0.15, -0.1) is 0 Å². The van der Waals surface area contributed by atoms with Crippen molar-refractivity contribution in [3.63, 3.8) is 0 Å². The van der Waals surface area contributed by atoms with E-state index < -0.39 is 11.9 Å². The molecule has 3 rings (SSSR count). The molecule has 1 aliphatic carbocycles. The number of carbonyl (C=O) groups is 2. The Kier molecular flexibility index (Phi) is 21.6. The fourth-order valence-corrected chi connectivity index (χ4v) is 5.15. The van der Waals surface area contributed by atoms with E-state index in [-0.39, 0.29) is 28.9 Å². The number of benzene rings is 2. The summed E-state index contributed by atoms with van der Waals surface area (Å²) in [6, 6.07) is 8.66. The van der Waals surface area contributed by atoms with Crippen LogP contribution in [0.15, 0.2) is 34.3 Å². The minimum atomic E-state index is -1.08. The molecule has 1 radical (unpaired) electrons. The van der Waals surface area contributed by atoms with Crippen molar-refractivity contribution in [2.45, 2.75) is 131 Å². The number of phenolic OH excluding ortho intramolecular Hbond substituents is 2. The molecule has 0 saturated heterocycles. The number of unbranched alkanes of at least 4 members (excludes halogenated alkanes) is 2. The number of carboxylic acid groups (broad SMARTS) is 2. The van der Waals surface area contributed by atoms with E-state index in [1.807, 2.05) is 12.4 Å². The maximum absolute atomic E-state index is 10.8. The van der Waals surface area contributed by atoms with Crippen LogP contribution in [0.4, 0.5) is 0 Å². The third-order valence-corrected chi connectivity index (χ3v) is 7.46. The maximum Gasteiger partial charge on any atom is 2.00 e. The van der Waals surface area contributed by atoms with Gasteiger partial charge < -0.3 is 30.0 Å². The predicted octanol–water partition coefficient (Wildman–Crippen LogP) is 5.27. The van der Waals surface area contributed by atoms with Crippen LogP contribution in [0.3, 0.4) is 0 Å². The first kappa shape index (κ1) is 41.8. The largest absolute Gasteiger partial charge is 2.00 e. The molecule has 0 heterocycles. The van der Waals surface area contributed by atoms with Gasteiger partial charge in [0.2, 0.25) is 0 Å². The van der Waals surface area contributed by atoms with Crippen molar-refractivity contribution >= 4 is 24.4 Å². The maximum atomic E-state index is 10.8. The summed E-state index contributed by atoms with van der Waals surface area (Å²) in [6.45, 7) is 10.5. The Hall–Kier alpha value is -3.17. The van der Waals surface area contributed by atoms with E-state index in [1.54, 1.807) is 0 Å². The molecule has 2 aromatic carbocycles. The van der Waals surface area contributed by atoms with E-state index >= 15 is 0 Å². The normalized spacial score (nSPS) is 15.9. The molecule has 2 N–H and O–H groups in total. The fourth-order valence-electron chi connectivity index (χ4n) is 5.15. The smallest absolute Gasteiger partial charge is 0.550 e. The predicted molar refractivity (Wildman–Crippen MR) is 175 cm³/mol. The summed E-state index contributed by atoms with van der Waals surface area (Å²) in [5, 5.41) is 39.4. The van der Waals surface area contributed by atoms with E-state index in [0.717, 1.165) is 113 Å². The molecule has 2 unspecified atom stereocenters. The number of rotatable bonds is 12. The van der Waals surface area contributed by atoms with Crippen molar-refractivity contribution < 1.29 is 46.8 Å². The minimum Gasteiger partial charge on any atom is -0.550 e. The van der Waals surface area contributed by atoms with Crippen LogP contribution >= 0.6 is 0 Å². The number of aromatic hydroxyl groups is 2. The third-order valence-electron chi connectivity index (χ3n) is 7.46. The zero-order valence-electron chi connectivity index (χ0n) is 27.9. The fraction of sp³-hybridized carbons (Fsp3) is 0.556. The molecule has 2 aromatic rings. The molecule has 0 aromatic heterocycles. The number of carbonyl (C=O) groups excluding carboxylic acids is 2. The molecule has 2 atom stereocenters. The second kappa shape index (κ2) is 23.2. The Labute approximate surface area is 280 Å². The molecule has 9 heteroatoms. The number of aliphatic imine (C=N–C) groups is 2. The number of nitrogens with zero attached hydrogens (tertiary/aromatic N) is 2. The van der Waals surface area contributed by atoms with E-state index in [9.17, 15) is 10.2 Å². The molecule has 1 aliphatic rings. The van der Waals surface area contributed by atoms with Gasteiger partial charge >= 0.3 is 16.8 Å². The molecular weight excluding hydrogens is 615 g/mol. The summed E-state index contributed by atoms with van der Waals surface area (Å²) in [6.07, 6.45) is 16.3. The van der Waals surface area contributed by atoms with Crippen LogP contribution in [-0.2, 0) is 52.1 Å². The Morgan fingerprint density at radius 2 is 1.07 bits per heavy atom. The standard InChI is InChI=1S/C32H46N2O2.2C2H4O2.Co/c1-5-9-13-23-17-25(7-3)31(35)27(19-23)21-33-29-15-11-12-16-30(29)34-22-28-20-24(14-10-6-2)18-26(8-4)32(28)36;2*1-2(3)4;/h17-22,29-30,35-36H,5-16H2,1-4H3;2*1H3,(H,3,4);/q;;;+2/p-2. The quantitative estimate of drug-likeness (QED) is 0.295. The van der Waals surface area contributed by atoms with Crippen LogP contribution in [-0.4, -0.2) is 46.7 Å². The van der Waals surface area contributed by atoms with Gasteiger partial charge in [-0.1, -0.05) is 65.5 Å². The third kappa shape index (κ3) is 16.1. The Bertz CT molecular complexity index is 1140. The molecule has 45 heavy (non-hydrogen) atoms. The molecule has 251 valence electrons. The van der Waals surface area contributed by atoms with E-state index in [4.69, 9.17) is 29.8 Å². The summed E-state index contributed by atoms with van der Waals surface area (Å²) in [5.74, 6) is -1.45. The van der Waals surface area contributed by atoms with Gasteiger partial charge in [-0.2, -0.15) is 0 Å². The van der Waals surface area contributed by atoms with Gasteiger partial charge in [-0.05, 0) is 99.6 Å². The zero-order valence-corrected chi connectivity index (χ0v) is 28.9. The average Bonchev–Trinajstić information content (AvgIpc) is 2.98. The first-order valence-corrected chi connectivity index (χ1v) is 16.1. The number of aliphatic carboxylic acids is 2. The van der Waals surface area contributed by atoms with Crippen molar-refractivity contribution in [3.05, 3.63) is 57.6 Å². The van der Waals surface area contributed by atoms with Crippen LogP contribution in [0.25, 0.3) is 0 Å². The Morgan fingerprint density at radius 1 is 0.733 bits per heavy atom. The zero-order chi connectivity index (χ0) is 33.1. The van der Waals surface area contributed by atoms with Crippen LogP contribution in [0.5, 0.6) is 11.5 Å². The number of aryl methyl sites for hydroxylation is 4. The average molecular weight is 668 g/mol. The van der Waals surface area contributed by atoms with Crippen LogP contribution in [0.1, 0.15) is 126 Å². The minimum absolute atomic E-state index is 0. The Balaban J connectivity index is 0.00000192. The molecule has 1 saturated carbocycles. The Morgan fingerprint density at radius 3 is 1.36 bits per heavy atom. The summed E-state index contributed by atoms with van der Waals surface area (Å²) < 4.78 is 0. The van der Waals surface area contributed by atoms with E-state index in [0.29, 0.717) is 11.5 Å². The van der Waals surface area contributed by atoms with Crippen LogP contribution in [0.2, 0.25) is 0 Å². The van der Waals surface area contributed by atoms with Gasteiger partial charge in [0.1, 0.15) is 11.5 Å². The van der Waals surface area contributed by atoms with Gasteiger partial charge in [0.05, 0.1) is 12.1 Å². The molecular formula is C36H52CoN2O6. The van der Waals surface area contributed by atoms with Crippen LogP contribution in [0, 0.1) is 0 Å². The van der Waals surface area contributed by atoms with Crippen molar-refractivity contribution in [1.29, 1.82) is 0 Å². The van der Waals surface area contributed by atoms with Gasteiger partial charge in [-0.25, -0.2) is 0 Å². The topological polar surface area (TPSA) is 145 Å². The SMILES string of the molecule is CC(=O)[O-].CC(=O)[O-].CCCCc1cc(C=NC2CCCCC2N=Cc2cc(CCCC)cc(CC)c2O)c(O)c(CC)c1.[Co+2]. The van der Waals surface area contributed by atoms with E-state index in [2.05, 4.69) is 52.0 Å². The molecule has 0 bridgehead atoms. The van der Waals surface area contributed by atoms with Crippen molar-refractivity contribution in [2.24, 2.45) is 9.98 Å². The van der Waals surface area contributed by atoms with Crippen molar-refractivity contribution in [2.75, 3.05) is 0 Å². The van der Waals surface area contributed by atoms with Crippen molar-refractivity contribution in [3.8, 4) is 11.5 Å². The number of carboxylic acids is 2. The summed E-state index contributed by atoms with van der Waals surface area (Å²) in [5.41, 5.74) is 6.18. The van der Waals surface area contributed by atoms with Crippen LogP contribution < -0.4 is 10.2 Å². The second-order valence-electron chi connectivity index (χ2n) is 11.3. The first-order chi connectivity index (χ1) is 21.0.